The second-order valence-electron chi connectivity index (χ2n) is 5.59. The van der Waals surface area contributed by atoms with Crippen molar-refractivity contribution >= 4 is 17.6 Å². The first-order chi connectivity index (χ1) is 11.4. The number of carbonyl (C=O) groups is 3. The third-order valence-electron chi connectivity index (χ3n) is 3.59. The molecule has 8 heteroatoms. The van der Waals surface area contributed by atoms with Crippen LogP contribution in [-0.2, 0) is 14.4 Å². The Balaban J connectivity index is 4.60. The summed E-state index contributed by atoms with van der Waals surface area (Å²) in [5, 5.41) is 25.8. The van der Waals surface area contributed by atoms with Gasteiger partial charge in [-0.15, -0.1) is 0 Å². The maximum absolute atomic E-state index is 12.1. The Kier molecular flexibility index (Phi) is 10.8. The molecule has 0 aromatic rings. The molecule has 0 aliphatic rings. The first-order valence-electron chi connectivity index (χ1n) is 7.93. The number of carbonyl (C=O) groups excluding carboxylic acids is 3. The Hall–Kier alpha value is -2.45. The number of Topliss-reactive ketones (excluding diaryl/α,β-unsaturated/α-hetero) is 1. The highest BCUT2D eigenvalue weighted by molar-refractivity contribution is 5.93. The zero-order chi connectivity index (χ0) is 18.5. The van der Waals surface area contributed by atoms with Crippen molar-refractivity contribution in [3.63, 3.8) is 0 Å². The SMILES string of the molecule is CCC(CC(C)NC(=O)CNC)C(C#N)C(=O)NCCC(=O)C#N. The third kappa shape index (κ3) is 8.25. The van der Waals surface area contributed by atoms with Gasteiger partial charge in [-0.05, 0) is 26.3 Å². The summed E-state index contributed by atoms with van der Waals surface area (Å²) < 4.78 is 0. The summed E-state index contributed by atoms with van der Waals surface area (Å²) in [5.74, 6) is -2.30. The van der Waals surface area contributed by atoms with Gasteiger partial charge in [0.15, 0.2) is 0 Å². The summed E-state index contributed by atoms with van der Waals surface area (Å²) in [6, 6.07) is 3.30. The van der Waals surface area contributed by atoms with E-state index in [9.17, 15) is 19.6 Å². The van der Waals surface area contributed by atoms with E-state index in [-0.39, 0.29) is 37.4 Å². The van der Waals surface area contributed by atoms with Crippen LogP contribution in [0.2, 0.25) is 0 Å². The largest absolute Gasteiger partial charge is 0.354 e. The normalized spacial score (nSPS) is 13.7. The van der Waals surface area contributed by atoms with E-state index in [1.165, 1.54) is 6.07 Å². The van der Waals surface area contributed by atoms with Crippen molar-refractivity contribution in [3.8, 4) is 12.1 Å². The Labute approximate surface area is 142 Å². The molecule has 0 saturated carbocycles. The molecule has 3 atom stereocenters. The number of nitriles is 2. The highest BCUT2D eigenvalue weighted by Crippen LogP contribution is 2.21. The van der Waals surface area contributed by atoms with Crippen molar-refractivity contribution in [2.75, 3.05) is 20.1 Å². The molecule has 0 aromatic heterocycles. The summed E-state index contributed by atoms with van der Waals surface area (Å²) in [7, 11) is 1.67. The predicted octanol–water partition coefficient (Wildman–Crippen LogP) is -0.134. The highest BCUT2D eigenvalue weighted by Gasteiger charge is 2.28. The van der Waals surface area contributed by atoms with E-state index in [1.54, 1.807) is 7.05 Å². The van der Waals surface area contributed by atoms with E-state index in [1.807, 2.05) is 19.9 Å². The fraction of sp³-hybridized carbons (Fsp3) is 0.688. The summed E-state index contributed by atoms with van der Waals surface area (Å²) in [5.41, 5.74) is 0. The van der Waals surface area contributed by atoms with Gasteiger partial charge >= 0.3 is 0 Å². The zero-order valence-electron chi connectivity index (χ0n) is 14.4. The lowest BCUT2D eigenvalue weighted by atomic mass is 9.85. The fourth-order valence-electron chi connectivity index (χ4n) is 2.38. The number of nitrogens with one attached hydrogen (secondary N) is 3. The first kappa shape index (κ1) is 21.6. The van der Waals surface area contributed by atoms with Gasteiger partial charge in [-0.3, -0.25) is 14.4 Å². The van der Waals surface area contributed by atoms with Crippen LogP contribution in [0.15, 0.2) is 0 Å². The summed E-state index contributed by atoms with van der Waals surface area (Å²) in [6.07, 6.45) is 1.03. The lowest BCUT2D eigenvalue weighted by molar-refractivity contribution is -0.125. The molecule has 0 fully saturated rings. The quantitative estimate of drug-likeness (QED) is 0.450. The van der Waals surface area contributed by atoms with Crippen LogP contribution in [0.4, 0.5) is 0 Å². The molecule has 3 unspecified atom stereocenters. The van der Waals surface area contributed by atoms with Crippen molar-refractivity contribution < 1.29 is 14.4 Å². The highest BCUT2D eigenvalue weighted by atomic mass is 16.2. The molecule has 0 spiro atoms. The molecule has 0 bridgehead atoms. The van der Waals surface area contributed by atoms with Crippen LogP contribution in [0.25, 0.3) is 0 Å². The Morgan fingerprint density at radius 2 is 1.88 bits per heavy atom. The summed E-state index contributed by atoms with van der Waals surface area (Å²) in [4.78, 5) is 34.6. The summed E-state index contributed by atoms with van der Waals surface area (Å²) in [6.45, 7) is 3.95. The van der Waals surface area contributed by atoms with Crippen molar-refractivity contribution in [1.82, 2.24) is 16.0 Å². The van der Waals surface area contributed by atoms with Crippen LogP contribution in [0, 0.1) is 34.5 Å². The Morgan fingerprint density at radius 3 is 2.38 bits per heavy atom. The number of amides is 2. The van der Waals surface area contributed by atoms with Crippen LogP contribution >= 0.6 is 0 Å². The number of ketones is 1. The molecular weight excluding hydrogens is 310 g/mol. The van der Waals surface area contributed by atoms with Crippen molar-refractivity contribution in [1.29, 1.82) is 10.5 Å². The minimum absolute atomic E-state index is 0.0360. The number of likely N-dealkylation sites (N-methyl/N-ethyl adjacent to an activating group) is 1. The smallest absolute Gasteiger partial charge is 0.237 e. The van der Waals surface area contributed by atoms with Gasteiger partial charge in [0.2, 0.25) is 17.6 Å². The van der Waals surface area contributed by atoms with E-state index in [2.05, 4.69) is 16.0 Å². The van der Waals surface area contributed by atoms with Gasteiger partial charge in [0.05, 0.1) is 12.6 Å². The molecule has 3 N–H and O–H groups in total. The second-order valence-corrected chi connectivity index (χ2v) is 5.59. The average molecular weight is 335 g/mol. The van der Waals surface area contributed by atoms with Gasteiger partial charge in [0, 0.05) is 19.0 Å². The van der Waals surface area contributed by atoms with Crippen molar-refractivity contribution in [2.45, 2.75) is 39.2 Å². The number of hydrogen-bond acceptors (Lipinski definition) is 6. The molecule has 0 aromatic carbocycles. The minimum Gasteiger partial charge on any atom is -0.354 e. The number of nitrogens with zero attached hydrogens (tertiary/aromatic N) is 2. The number of rotatable bonds is 11. The molecule has 0 radical (unpaired) electrons. The van der Waals surface area contributed by atoms with Crippen LogP contribution < -0.4 is 16.0 Å². The average Bonchev–Trinajstić information content (AvgIpc) is 2.54. The van der Waals surface area contributed by atoms with E-state index in [0.717, 1.165) is 0 Å². The topological polar surface area (TPSA) is 135 Å². The van der Waals surface area contributed by atoms with E-state index < -0.39 is 17.6 Å². The van der Waals surface area contributed by atoms with Crippen LogP contribution in [0.5, 0.6) is 0 Å². The molecule has 0 heterocycles. The molecular formula is C16H25N5O3. The third-order valence-corrected chi connectivity index (χ3v) is 3.59. The summed E-state index contributed by atoms with van der Waals surface area (Å²) >= 11 is 0. The Bertz CT molecular complexity index is 521. The van der Waals surface area contributed by atoms with Crippen molar-refractivity contribution in [3.05, 3.63) is 0 Å². The molecule has 0 rings (SSSR count). The van der Waals surface area contributed by atoms with Gasteiger partial charge < -0.3 is 16.0 Å². The molecule has 2 amide bonds. The van der Waals surface area contributed by atoms with Gasteiger partial charge in [0.1, 0.15) is 12.0 Å². The lowest BCUT2D eigenvalue weighted by Gasteiger charge is -2.24. The van der Waals surface area contributed by atoms with E-state index >= 15 is 0 Å². The van der Waals surface area contributed by atoms with Crippen LogP contribution in [0.1, 0.15) is 33.1 Å². The maximum Gasteiger partial charge on any atom is 0.237 e. The minimum atomic E-state index is -0.865. The van der Waals surface area contributed by atoms with Gasteiger partial charge in [-0.25, -0.2) is 0 Å². The van der Waals surface area contributed by atoms with Gasteiger partial charge in [-0.1, -0.05) is 13.3 Å². The fourth-order valence-corrected chi connectivity index (χ4v) is 2.38. The maximum atomic E-state index is 12.1. The number of hydrogen-bond donors (Lipinski definition) is 3. The lowest BCUT2D eigenvalue weighted by Crippen LogP contribution is -2.41. The standard InChI is InChI=1S/C16H25N5O3/c1-4-12(7-11(2)21-15(23)10-19-3)14(9-18)16(24)20-6-5-13(22)8-17/h11-12,14,19H,4-7,10H2,1-3H3,(H,20,24)(H,21,23). The van der Waals surface area contributed by atoms with Crippen LogP contribution in [0.3, 0.4) is 0 Å². The van der Waals surface area contributed by atoms with Crippen molar-refractivity contribution in [2.24, 2.45) is 11.8 Å². The van der Waals surface area contributed by atoms with E-state index in [4.69, 9.17) is 5.26 Å². The molecule has 0 aliphatic heterocycles. The van der Waals surface area contributed by atoms with Gasteiger partial charge in [-0.2, -0.15) is 10.5 Å². The molecule has 132 valence electrons. The zero-order valence-corrected chi connectivity index (χ0v) is 14.4. The molecule has 8 nitrogen and oxygen atoms in total. The monoisotopic (exact) mass is 335 g/mol. The molecule has 24 heavy (non-hydrogen) atoms. The van der Waals surface area contributed by atoms with Crippen LogP contribution in [-0.4, -0.2) is 43.8 Å². The van der Waals surface area contributed by atoms with Gasteiger partial charge in [0.25, 0.3) is 0 Å². The second kappa shape index (κ2) is 12.0. The molecule has 0 saturated heterocycles. The van der Waals surface area contributed by atoms with E-state index in [0.29, 0.717) is 12.8 Å². The predicted molar refractivity (Wildman–Crippen MR) is 87.3 cm³/mol. The molecule has 0 aliphatic carbocycles. The first-order valence-corrected chi connectivity index (χ1v) is 7.93. The Morgan fingerprint density at radius 1 is 1.21 bits per heavy atom.